The Labute approximate surface area is 157 Å². The van der Waals surface area contributed by atoms with Crippen molar-refractivity contribution in [3.05, 3.63) is 70.2 Å². The molecule has 2 rings (SSSR count). The summed E-state index contributed by atoms with van der Waals surface area (Å²) in [4.78, 5) is 23.7. The van der Waals surface area contributed by atoms with Gasteiger partial charge in [0.25, 0.3) is 5.91 Å². The lowest BCUT2D eigenvalue weighted by atomic mass is 10.2. The first kappa shape index (κ1) is 19.3. The van der Waals surface area contributed by atoms with Crippen molar-refractivity contribution in [2.75, 3.05) is 18.8 Å². The Bertz CT molecular complexity index is 720. The van der Waals surface area contributed by atoms with Crippen LogP contribution >= 0.6 is 23.4 Å². The molecule has 2 aromatic carbocycles. The van der Waals surface area contributed by atoms with Crippen LogP contribution in [0.25, 0.3) is 0 Å². The van der Waals surface area contributed by atoms with E-state index in [0.717, 1.165) is 5.75 Å². The van der Waals surface area contributed by atoms with E-state index in [-0.39, 0.29) is 11.8 Å². The minimum absolute atomic E-state index is 0.0379. The number of hydrogen-bond acceptors (Lipinski definition) is 3. The predicted molar refractivity (Wildman–Crippen MR) is 104 cm³/mol. The molecule has 0 fully saturated rings. The van der Waals surface area contributed by atoms with Gasteiger partial charge < -0.3 is 10.6 Å². The summed E-state index contributed by atoms with van der Waals surface area (Å²) >= 11 is 7.53. The number of amides is 2. The lowest BCUT2D eigenvalue weighted by Crippen LogP contribution is -2.35. The molecule has 0 unspecified atom stereocenters. The van der Waals surface area contributed by atoms with Crippen LogP contribution in [0.5, 0.6) is 0 Å². The Kier molecular flexibility index (Phi) is 7.82. The van der Waals surface area contributed by atoms with Crippen LogP contribution in [0.1, 0.15) is 21.5 Å². The smallest absolute Gasteiger partial charge is 0.252 e. The molecule has 132 valence electrons. The number of aryl methyl sites for hydroxylation is 1. The normalized spacial score (nSPS) is 10.3. The molecule has 0 saturated heterocycles. The van der Waals surface area contributed by atoms with Gasteiger partial charge >= 0.3 is 0 Å². The van der Waals surface area contributed by atoms with E-state index in [9.17, 15) is 9.59 Å². The summed E-state index contributed by atoms with van der Waals surface area (Å²) in [5, 5.41) is 5.94. The van der Waals surface area contributed by atoms with Gasteiger partial charge in [-0.15, -0.1) is 11.8 Å². The maximum absolute atomic E-state index is 12.0. The third-order valence-electron chi connectivity index (χ3n) is 3.47. The zero-order chi connectivity index (χ0) is 18.1. The monoisotopic (exact) mass is 376 g/mol. The highest BCUT2D eigenvalue weighted by atomic mass is 35.5. The Morgan fingerprint density at radius 2 is 1.68 bits per heavy atom. The summed E-state index contributed by atoms with van der Waals surface area (Å²) in [6, 6.07) is 15.1. The van der Waals surface area contributed by atoms with Crippen molar-refractivity contribution in [1.29, 1.82) is 0 Å². The molecule has 0 radical (unpaired) electrons. The molecule has 2 aromatic rings. The second-order valence-electron chi connectivity index (χ2n) is 5.56. The summed E-state index contributed by atoms with van der Waals surface area (Å²) in [6.45, 7) is 2.80. The zero-order valence-electron chi connectivity index (χ0n) is 14.0. The highest BCUT2D eigenvalue weighted by Crippen LogP contribution is 2.14. The van der Waals surface area contributed by atoms with Crippen LogP contribution in [0.15, 0.2) is 48.5 Å². The van der Waals surface area contributed by atoms with E-state index < -0.39 is 0 Å². The van der Waals surface area contributed by atoms with Gasteiger partial charge in [0, 0.05) is 18.8 Å². The fourth-order valence-electron chi connectivity index (χ4n) is 2.12. The first-order valence-corrected chi connectivity index (χ1v) is 9.52. The van der Waals surface area contributed by atoms with Gasteiger partial charge in [0.1, 0.15) is 0 Å². The largest absolute Gasteiger partial charge is 0.354 e. The Morgan fingerprint density at radius 3 is 2.40 bits per heavy atom. The maximum atomic E-state index is 12.0. The average molecular weight is 377 g/mol. The molecule has 0 saturated carbocycles. The van der Waals surface area contributed by atoms with Crippen molar-refractivity contribution in [2.45, 2.75) is 12.7 Å². The van der Waals surface area contributed by atoms with Crippen LogP contribution in [-0.4, -0.2) is 30.7 Å². The molecule has 2 amide bonds. The number of hydrogen-bond donors (Lipinski definition) is 2. The van der Waals surface area contributed by atoms with E-state index in [0.29, 0.717) is 29.4 Å². The third-order valence-corrected chi connectivity index (χ3v) is 4.81. The average Bonchev–Trinajstić information content (AvgIpc) is 2.60. The van der Waals surface area contributed by atoms with Gasteiger partial charge in [-0.3, -0.25) is 9.59 Å². The molecule has 4 nitrogen and oxygen atoms in total. The molecule has 0 aliphatic rings. The molecule has 25 heavy (non-hydrogen) atoms. The minimum Gasteiger partial charge on any atom is -0.354 e. The van der Waals surface area contributed by atoms with Crippen molar-refractivity contribution < 1.29 is 9.59 Å². The van der Waals surface area contributed by atoms with Crippen molar-refractivity contribution >= 4 is 35.2 Å². The van der Waals surface area contributed by atoms with Crippen LogP contribution in [0, 0.1) is 6.92 Å². The molecule has 0 bridgehead atoms. The number of carbonyl (C=O) groups excluding carboxylic acids is 2. The van der Waals surface area contributed by atoms with Gasteiger partial charge in [0.05, 0.1) is 16.3 Å². The SMILES string of the molecule is Cc1ccc(CSCC(=O)NCCNC(=O)c2ccccc2Cl)cc1. The second-order valence-corrected chi connectivity index (χ2v) is 6.96. The van der Waals surface area contributed by atoms with Crippen LogP contribution in [0.4, 0.5) is 0 Å². The lowest BCUT2D eigenvalue weighted by Gasteiger charge is -2.08. The fraction of sp³-hybridized carbons (Fsp3) is 0.263. The molecule has 0 aliphatic heterocycles. The first-order valence-electron chi connectivity index (χ1n) is 7.99. The third kappa shape index (κ3) is 6.80. The number of rotatable bonds is 8. The number of thioether (sulfide) groups is 1. The molecule has 0 atom stereocenters. The van der Waals surface area contributed by atoms with Crippen LogP contribution in [-0.2, 0) is 10.5 Å². The second kappa shape index (κ2) is 10.1. The Balaban J connectivity index is 1.60. The minimum atomic E-state index is -0.242. The van der Waals surface area contributed by atoms with E-state index in [1.807, 2.05) is 0 Å². The Morgan fingerprint density at radius 1 is 1.00 bits per heavy atom. The maximum Gasteiger partial charge on any atom is 0.252 e. The summed E-state index contributed by atoms with van der Waals surface area (Å²) in [7, 11) is 0. The Hall–Kier alpha value is -1.98. The number of benzene rings is 2. The number of carbonyl (C=O) groups is 2. The predicted octanol–water partition coefficient (Wildman–Crippen LogP) is 3.43. The topological polar surface area (TPSA) is 58.2 Å². The van der Waals surface area contributed by atoms with Gasteiger partial charge in [-0.2, -0.15) is 0 Å². The van der Waals surface area contributed by atoms with Crippen molar-refractivity contribution in [1.82, 2.24) is 10.6 Å². The molecular weight excluding hydrogens is 356 g/mol. The summed E-state index contributed by atoms with van der Waals surface area (Å²) in [5.41, 5.74) is 2.87. The molecule has 0 aliphatic carbocycles. The summed E-state index contributed by atoms with van der Waals surface area (Å²) in [5.74, 6) is 0.918. The lowest BCUT2D eigenvalue weighted by molar-refractivity contribution is -0.118. The highest BCUT2D eigenvalue weighted by molar-refractivity contribution is 7.99. The van der Waals surface area contributed by atoms with E-state index in [1.54, 1.807) is 36.0 Å². The van der Waals surface area contributed by atoms with E-state index in [2.05, 4.69) is 41.8 Å². The first-order chi connectivity index (χ1) is 12.1. The van der Waals surface area contributed by atoms with E-state index >= 15 is 0 Å². The molecule has 0 spiro atoms. The standard InChI is InChI=1S/C19H21ClN2O2S/c1-14-6-8-15(9-7-14)12-25-13-18(23)21-10-11-22-19(24)16-4-2-3-5-17(16)20/h2-9H,10-13H2,1H3,(H,21,23)(H,22,24). The van der Waals surface area contributed by atoms with Crippen molar-refractivity contribution in [3.8, 4) is 0 Å². The van der Waals surface area contributed by atoms with Gasteiger partial charge in [-0.1, -0.05) is 53.6 Å². The van der Waals surface area contributed by atoms with E-state index in [1.165, 1.54) is 11.1 Å². The molecule has 0 aromatic heterocycles. The van der Waals surface area contributed by atoms with Gasteiger partial charge in [0.15, 0.2) is 0 Å². The summed E-state index contributed by atoms with van der Waals surface area (Å²) in [6.07, 6.45) is 0. The summed E-state index contributed by atoms with van der Waals surface area (Å²) < 4.78 is 0. The number of halogens is 1. The molecule has 0 heterocycles. The number of nitrogens with one attached hydrogen (secondary N) is 2. The molecule has 6 heteroatoms. The molecular formula is C19H21ClN2O2S. The highest BCUT2D eigenvalue weighted by Gasteiger charge is 2.08. The van der Waals surface area contributed by atoms with Crippen LogP contribution < -0.4 is 10.6 Å². The van der Waals surface area contributed by atoms with Gasteiger partial charge in [0.2, 0.25) is 5.91 Å². The van der Waals surface area contributed by atoms with Crippen molar-refractivity contribution in [3.63, 3.8) is 0 Å². The fourth-order valence-corrected chi connectivity index (χ4v) is 3.15. The van der Waals surface area contributed by atoms with Crippen LogP contribution in [0.2, 0.25) is 5.02 Å². The zero-order valence-corrected chi connectivity index (χ0v) is 15.6. The van der Waals surface area contributed by atoms with Crippen LogP contribution in [0.3, 0.4) is 0 Å². The van der Waals surface area contributed by atoms with Gasteiger partial charge in [-0.25, -0.2) is 0 Å². The van der Waals surface area contributed by atoms with E-state index in [4.69, 9.17) is 11.6 Å². The quantitative estimate of drug-likeness (QED) is 0.694. The van der Waals surface area contributed by atoms with Gasteiger partial charge in [-0.05, 0) is 24.6 Å². The van der Waals surface area contributed by atoms with Crippen molar-refractivity contribution in [2.24, 2.45) is 0 Å². The molecule has 2 N–H and O–H groups in total.